The van der Waals surface area contributed by atoms with Crippen LogP contribution in [0.2, 0.25) is 5.02 Å². The third-order valence-corrected chi connectivity index (χ3v) is 4.47. The minimum absolute atomic E-state index is 0.147. The molecule has 1 aromatic carbocycles. The van der Waals surface area contributed by atoms with Crippen LogP contribution in [0.4, 0.5) is 0 Å². The highest BCUT2D eigenvalue weighted by molar-refractivity contribution is 6.30. The molecule has 4 heteroatoms. The molecule has 3 rings (SSSR count). The van der Waals surface area contributed by atoms with Crippen molar-refractivity contribution in [3.05, 3.63) is 34.9 Å². The summed E-state index contributed by atoms with van der Waals surface area (Å²) in [6, 6.07) is 7.77. The van der Waals surface area contributed by atoms with Crippen LogP contribution in [-0.4, -0.2) is 36.5 Å². The lowest BCUT2D eigenvalue weighted by molar-refractivity contribution is 0.0701. The van der Waals surface area contributed by atoms with E-state index >= 15 is 0 Å². The molecule has 1 saturated carbocycles. The normalized spacial score (nSPS) is 19.9. The van der Waals surface area contributed by atoms with Gasteiger partial charge in [0.1, 0.15) is 0 Å². The molecule has 108 valence electrons. The molecular formula is C16H21ClN2O. The molecule has 0 radical (unpaired) electrons. The highest BCUT2D eigenvalue weighted by atomic mass is 35.5. The van der Waals surface area contributed by atoms with Gasteiger partial charge in [-0.15, -0.1) is 0 Å². The molecule has 0 unspecified atom stereocenters. The summed E-state index contributed by atoms with van der Waals surface area (Å²) in [6.07, 6.45) is 4.65. The molecule has 0 spiro atoms. The van der Waals surface area contributed by atoms with Gasteiger partial charge in [-0.3, -0.25) is 4.79 Å². The van der Waals surface area contributed by atoms with Gasteiger partial charge >= 0.3 is 0 Å². The molecule has 1 aromatic rings. The van der Waals surface area contributed by atoms with Crippen molar-refractivity contribution in [1.29, 1.82) is 0 Å². The van der Waals surface area contributed by atoms with Gasteiger partial charge in [0.05, 0.1) is 0 Å². The zero-order chi connectivity index (χ0) is 13.9. The van der Waals surface area contributed by atoms with Gasteiger partial charge in [-0.2, -0.15) is 0 Å². The van der Waals surface area contributed by atoms with Crippen molar-refractivity contribution in [2.24, 2.45) is 5.92 Å². The Morgan fingerprint density at radius 2 is 2.00 bits per heavy atom. The van der Waals surface area contributed by atoms with E-state index in [4.69, 9.17) is 11.6 Å². The van der Waals surface area contributed by atoms with Crippen molar-refractivity contribution in [2.75, 3.05) is 19.6 Å². The van der Waals surface area contributed by atoms with Gasteiger partial charge in [0, 0.05) is 23.2 Å². The van der Waals surface area contributed by atoms with Crippen molar-refractivity contribution in [3.8, 4) is 0 Å². The summed E-state index contributed by atoms with van der Waals surface area (Å²) in [5.74, 6) is 0.786. The number of amides is 1. The van der Waals surface area contributed by atoms with E-state index in [-0.39, 0.29) is 5.91 Å². The second-order valence-electron chi connectivity index (χ2n) is 5.89. The summed E-state index contributed by atoms with van der Waals surface area (Å²) in [7, 11) is 0. The molecule has 2 fully saturated rings. The number of carbonyl (C=O) groups is 1. The van der Waals surface area contributed by atoms with E-state index in [1.54, 1.807) is 6.07 Å². The van der Waals surface area contributed by atoms with Crippen LogP contribution >= 0.6 is 11.6 Å². The quantitative estimate of drug-likeness (QED) is 0.925. The molecule has 1 N–H and O–H groups in total. The van der Waals surface area contributed by atoms with Crippen LogP contribution in [0.15, 0.2) is 24.3 Å². The van der Waals surface area contributed by atoms with Crippen LogP contribution in [0.3, 0.4) is 0 Å². The van der Waals surface area contributed by atoms with E-state index in [1.165, 1.54) is 12.8 Å². The smallest absolute Gasteiger partial charge is 0.254 e. The number of carbonyl (C=O) groups excluding carboxylic acids is 1. The van der Waals surface area contributed by atoms with Crippen molar-refractivity contribution in [1.82, 2.24) is 10.2 Å². The molecule has 1 saturated heterocycles. The molecule has 1 amide bonds. The molecule has 3 nitrogen and oxygen atoms in total. The first kappa shape index (κ1) is 13.9. The number of nitrogens with one attached hydrogen (secondary N) is 1. The van der Waals surface area contributed by atoms with Gasteiger partial charge in [-0.05, 0) is 62.9 Å². The van der Waals surface area contributed by atoms with E-state index in [2.05, 4.69) is 10.2 Å². The fourth-order valence-electron chi connectivity index (χ4n) is 2.91. The van der Waals surface area contributed by atoms with E-state index in [0.717, 1.165) is 38.0 Å². The number of benzene rings is 1. The van der Waals surface area contributed by atoms with Crippen molar-refractivity contribution >= 4 is 17.5 Å². The Kier molecular flexibility index (Phi) is 4.27. The molecular weight excluding hydrogens is 272 g/mol. The molecule has 0 bridgehead atoms. The third kappa shape index (κ3) is 3.33. The Morgan fingerprint density at radius 1 is 1.25 bits per heavy atom. The van der Waals surface area contributed by atoms with Crippen LogP contribution in [-0.2, 0) is 0 Å². The van der Waals surface area contributed by atoms with E-state index in [9.17, 15) is 4.79 Å². The molecule has 2 aliphatic rings. The SMILES string of the molecule is O=C(c1cccc(Cl)c1)N(CC1CCNCC1)C1CC1. The van der Waals surface area contributed by atoms with Crippen LogP contribution in [0.5, 0.6) is 0 Å². The summed E-state index contributed by atoms with van der Waals surface area (Å²) in [6.45, 7) is 3.06. The Morgan fingerprint density at radius 3 is 2.65 bits per heavy atom. The summed E-state index contributed by atoms with van der Waals surface area (Å²) in [4.78, 5) is 14.8. The standard InChI is InChI=1S/C16H21ClN2O/c17-14-3-1-2-13(10-14)16(20)19(15-4-5-15)11-12-6-8-18-9-7-12/h1-3,10,12,15,18H,4-9,11H2. The number of nitrogens with zero attached hydrogens (tertiary/aromatic N) is 1. The highest BCUT2D eigenvalue weighted by Gasteiger charge is 2.34. The number of hydrogen-bond donors (Lipinski definition) is 1. The molecule has 0 atom stereocenters. The van der Waals surface area contributed by atoms with E-state index in [1.807, 2.05) is 18.2 Å². The largest absolute Gasteiger partial charge is 0.335 e. The summed E-state index contributed by atoms with van der Waals surface area (Å²) in [5.41, 5.74) is 0.721. The lowest BCUT2D eigenvalue weighted by Gasteiger charge is -2.30. The fraction of sp³-hybridized carbons (Fsp3) is 0.562. The second-order valence-corrected chi connectivity index (χ2v) is 6.33. The first-order valence-electron chi connectivity index (χ1n) is 7.51. The van der Waals surface area contributed by atoms with Gasteiger partial charge in [0.15, 0.2) is 0 Å². The van der Waals surface area contributed by atoms with Gasteiger partial charge in [0.2, 0.25) is 0 Å². The number of hydrogen-bond acceptors (Lipinski definition) is 2. The van der Waals surface area contributed by atoms with Crippen molar-refractivity contribution in [3.63, 3.8) is 0 Å². The molecule has 20 heavy (non-hydrogen) atoms. The Balaban J connectivity index is 1.71. The Hall–Kier alpha value is -1.06. The van der Waals surface area contributed by atoms with E-state index < -0.39 is 0 Å². The summed E-state index contributed by atoms with van der Waals surface area (Å²) < 4.78 is 0. The lowest BCUT2D eigenvalue weighted by atomic mass is 9.97. The second kappa shape index (κ2) is 6.15. The molecule has 1 aliphatic heterocycles. The van der Waals surface area contributed by atoms with Crippen LogP contribution < -0.4 is 5.32 Å². The summed E-state index contributed by atoms with van der Waals surface area (Å²) >= 11 is 6.00. The highest BCUT2D eigenvalue weighted by Crippen LogP contribution is 2.30. The fourth-order valence-corrected chi connectivity index (χ4v) is 3.10. The molecule has 1 heterocycles. The van der Waals surface area contributed by atoms with Gasteiger partial charge in [-0.1, -0.05) is 17.7 Å². The third-order valence-electron chi connectivity index (χ3n) is 4.23. The predicted octanol–water partition coefficient (Wildman–Crippen LogP) is 2.94. The topological polar surface area (TPSA) is 32.3 Å². The maximum Gasteiger partial charge on any atom is 0.254 e. The lowest BCUT2D eigenvalue weighted by Crippen LogP contribution is -2.40. The van der Waals surface area contributed by atoms with E-state index in [0.29, 0.717) is 17.0 Å². The maximum atomic E-state index is 12.7. The molecule has 1 aliphatic carbocycles. The first-order valence-corrected chi connectivity index (χ1v) is 7.89. The predicted molar refractivity (Wildman–Crippen MR) is 81.1 cm³/mol. The van der Waals surface area contributed by atoms with Crippen molar-refractivity contribution in [2.45, 2.75) is 31.7 Å². The zero-order valence-electron chi connectivity index (χ0n) is 11.6. The minimum Gasteiger partial charge on any atom is -0.335 e. The van der Waals surface area contributed by atoms with Crippen LogP contribution in [0, 0.1) is 5.92 Å². The number of rotatable bonds is 4. The van der Waals surface area contributed by atoms with Gasteiger partial charge in [0.25, 0.3) is 5.91 Å². The average molecular weight is 293 g/mol. The van der Waals surface area contributed by atoms with Crippen LogP contribution in [0.1, 0.15) is 36.0 Å². The number of halogens is 1. The average Bonchev–Trinajstić information content (AvgIpc) is 3.30. The monoisotopic (exact) mass is 292 g/mol. The first-order chi connectivity index (χ1) is 9.74. The van der Waals surface area contributed by atoms with Crippen LogP contribution in [0.25, 0.3) is 0 Å². The Bertz CT molecular complexity index is 481. The summed E-state index contributed by atoms with van der Waals surface area (Å²) in [5, 5.41) is 4.01. The number of piperidine rings is 1. The Labute approximate surface area is 125 Å². The van der Waals surface area contributed by atoms with Gasteiger partial charge < -0.3 is 10.2 Å². The molecule has 0 aromatic heterocycles. The zero-order valence-corrected chi connectivity index (χ0v) is 12.4. The minimum atomic E-state index is 0.147. The maximum absolute atomic E-state index is 12.7. The van der Waals surface area contributed by atoms with Gasteiger partial charge in [-0.25, -0.2) is 0 Å². The van der Waals surface area contributed by atoms with Crippen molar-refractivity contribution < 1.29 is 4.79 Å².